The molecule has 0 unspecified atom stereocenters. The highest BCUT2D eigenvalue weighted by Gasteiger charge is 2.33. The van der Waals surface area contributed by atoms with Crippen molar-refractivity contribution in [1.29, 1.82) is 0 Å². The summed E-state index contributed by atoms with van der Waals surface area (Å²) in [5.41, 5.74) is -0.692. The molecule has 1 N–H and O–H groups in total. The van der Waals surface area contributed by atoms with Gasteiger partial charge in [0.05, 0.1) is 11.5 Å². The summed E-state index contributed by atoms with van der Waals surface area (Å²) in [4.78, 5) is 12.7. The van der Waals surface area contributed by atoms with Crippen LogP contribution >= 0.6 is 0 Å². The van der Waals surface area contributed by atoms with Crippen molar-refractivity contribution in [2.75, 3.05) is 19.7 Å². The zero-order chi connectivity index (χ0) is 24.9. The molecule has 0 radical (unpaired) electrons. The van der Waals surface area contributed by atoms with Crippen LogP contribution in [0.4, 0.5) is 13.2 Å². The first-order valence-electron chi connectivity index (χ1n) is 11.1. The molecule has 186 valence electrons. The third-order valence-electron chi connectivity index (χ3n) is 5.94. The normalized spacial score (nSPS) is 15.8. The van der Waals surface area contributed by atoms with Crippen LogP contribution in [0.15, 0.2) is 47.4 Å². The third kappa shape index (κ3) is 6.50. The first-order valence-corrected chi connectivity index (χ1v) is 12.6. The van der Waals surface area contributed by atoms with Gasteiger partial charge in [-0.3, -0.25) is 4.79 Å². The Morgan fingerprint density at radius 2 is 1.79 bits per heavy atom. The average molecular weight is 499 g/mol. The van der Waals surface area contributed by atoms with Gasteiger partial charge < -0.3 is 10.1 Å². The summed E-state index contributed by atoms with van der Waals surface area (Å²) in [6.07, 6.45) is 1.95. The van der Waals surface area contributed by atoms with Crippen LogP contribution in [0, 0.1) is 22.9 Å². The van der Waals surface area contributed by atoms with Crippen molar-refractivity contribution in [3.63, 3.8) is 0 Å². The molecule has 0 aliphatic carbocycles. The molecule has 1 amide bonds. The average Bonchev–Trinajstić information content (AvgIpc) is 2.79. The number of amides is 1. The van der Waals surface area contributed by atoms with Gasteiger partial charge in [0.15, 0.2) is 11.6 Å². The highest BCUT2D eigenvalue weighted by Crippen LogP contribution is 2.26. The Balaban J connectivity index is 1.44. The monoisotopic (exact) mass is 498 g/mol. The minimum Gasteiger partial charge on any atom is -0.493 e. The van der Waals surface area contributed by atoms with Gasteiger partial charge in [-0.25, -0.2) is 21.6 Å². The molecule has 3 rings (SSSR count). The van der Waals surface area contributed by atoms with Gasteiger partial charge in [-0.05, 0) is 56.0 Å². The summed E-state index contributed by atoms with van der Waals surface area (Å²) in [6, 6.07) is 8.08. The van der Waals surface area contributed by atoms with Gasteiger partial charge in [-0.15, -0.1) is 0 Å². The molecule has 1 aliphatic rings. The van der Waals surface area contributed by atoms with Crippen LogP contribution in [0.3, 0.4) is 0 Å². The standard InChI is InChI=1S/C24H29F3N2O4S/c1-24(2,11-4-14-33-19-7-8-21(26)22(27)16-19)23(30)28-18-9-12-29(13-10-18)34(31,32)20-6-3-5-17(25)15-20/h3,5-8,15-16,18H,4,9-14H2,1-2H3,(H,28,30). The second-order valence-electron chi connectivity index (χ2n) is 9.02. The minimum absolute atomic E-state index is 0.0817. The number of piperidine rings is 1. The molecule has 34 heavy (non-hydrogen) atoms. The first-order chi connectivity index (χ1) is 16.0. The van der Waals surface area contributed by atoms with E-state index in [1.54, 1.807) is 0 Å². The number of rotatable bonds is 9. The molecule has 0 spiro atoms. The fraction of sp³-hybridized carbons (Fsp3) is 0.458. The Kier molecular flexibility index (Phi) is 8.25. The van der Waals surface area contributed by atoms with Crippen LogP contribution in [0.2, 0.25) is 0 Å². The second-order valence-corrected chi connectivity index (χ2v) is 11.0. The summed E-state index contributed by atoms with van der Waals surface area (Å²) >= 11 is 0. The van der Waals surface area contributed by atoms with E-state index in [1.807, 2.05) is 13.8 Å². The van der Waals surface area contributed by atoms with E-state index in [2.05, 4.69) is 5.32 Å². The van der Waals surface area contributed by atoms with Gasteiger partial charge in [0.2, 0.25) is 15.9 Å². The molecule has 0 saturated carbocycles. The fourth-order valence-corrected chi connectivity index (χ4v) is 5.28. The van der Waals surface area contributed by atoms with Crippen molar-refractivity contribution < 1.29 is 31.1 Å². The number of hydrogen-bond acceptors (Lipinski definition) is 4. The number of carbonyl (C=O) groups is 1. The van der Waals surface area contributed by atoms with Crippen LogP contribution in [-0.4, -0.2) is 44.4 Å². The molecule has 0 aromatic heterocycles. The quantitative estimate of drug-likeness (QED) is 0.525. The molecule has 2 aromatic carbocycles. The highest BCUT2D eigenvalue weighted by molar-refractivity contribution is 7.89. The van der Waals surface area contributed by atoms with E-state index in [9.17, 15) is 26.4 Å². The van der Waals surface area contributed by atoms with Crippen LogP contribution in [0.25, 0.3) is 0 Å². The second kappa shape index (κ2) is 10.8. The molecule has 1 aliphatic heterocycles. The lowest BCUT2D eigenvalue weighted by Gasteiger charge is -2.33. The number of sulfonamides is 1. The molecule has 10 heteroatoms. The molecule has 6 nitrogen and oxygen atoms in total. The van der Waals surface area contributed by atoms with E-state index in [4.69, 9.17) is 4.74 Å². The van der Waals surface area contributed by atoms with Crippen molar-refractivity contribution >= 4 is 15.9 Å². The lowest BCUT2D eigenvalue weighted by atomic mass is 9.86. The molecule has 2 aromatic rings. The summed E-state index contributed by atoms with van der Waals surface area (Å²) in [5, 5.41) is 3.00. The van der Waals surface area contributed by atoms with Crippen molar-refractivity contribution in [2.45, 2.75) is 50.5 Å². The van der Waals surface area contributed by atoms with Crippen LogP contribution in [0.1, 0.15) is 39.5 Å². The Labute approximate surface area is 198 Å². The fourth-order valence-electron chi connectivity index (χ4n) is 3.78. The lowest BCUT2D eigenvalue weighted by Crippen LogP contribution is -2.49. The maximum Gasteiger partial charge on any atom is 0.243 e. The lowest BCUT2D eigenvalue weighted by molar-refractivity contribution is -0.130. The number of hydrogen-bond donors (Lipinski definition) is 1. The number of carbonyl (C=O) groups excluding carboxylic acids is 1. The van der Waals surface area contributed by atoms with E-state index in [0.717, 1.165) is 18.2 Å². The number of benzene rings is 2. The van der Waals surface area contributed by atoms with Gasteiger partial charge in [-0.2, -0.15) is 4.31 Å². The van der Waals surface area contributed by atoms with Gasteiger partial charge in [0.25, 0.3) is 0 Å². The van der Waals surface area contributed by atoms with E-state index in [0.29, 0.717) is 25.7 Å². The maximum absolute atomic E-state index is 13.4. The topological polar surface area (TPSA) is 75.7 Å². The number of nitrogens with one attached hydrogen (secondary N) is 1. The Bertz CT molecular complexity index is 1120. The number of ether oxygens (including phenoxy) is 1. The van der Waals surface area contributed by atoms with E-state index in [1.165, 1.54) is 28.6 Å². The predicted molar refractivity (Wildman–Crippen MR) is 121 cm³/mol. The smallest absolute Gasteiger partial charge is 0.243 e. The zero-order valence-corrected chi connectivity index (χ0v) is 20.0. The highest BCUT2D eigenvalue weighted by atomic mass is 32.2. The predicted octanol–water partition coefficient (Wildman–Crippen LogP) is 4.26. The Morgan fingerprint density at radius 3 is 2.44 bits per heavy atom. The molecule has 1 fully saturated rings. The molecule has 0 bridgehead atoms. The maximum atomic E-state index is 13.4. The molecular formula is C24H29F3N2O4S. The minimum atomic E-state index is -3.79. The molecule has 1 saturated heterocycles. The van der Waals surface area contributed by atoms with E-state index in [-0.39, 0.29) is 42.3 Å². The zero-order valence-electron chi connectivity index (χ0n) is 19.2. The SMILES string of the molecule is CC(C)(CCCOc1ccc(F)c(F)c1)C(=O)NC1CCN(S(=O)(=O)c2cccc(F)c2)CC1. The van der Waals surface area contributed by atoms with Crippen molar-refractivity contribution in [3.8, 4) is 5.75 Å². The number of nitrogens with zero attached hydrogens (tertiary/aromatic N) is 1. The van der Waals surface area contributed by atoms with Gasteiger partial charge in [-0.1, -0.05) is 19.9 Å². The van der Waals surface area contributed by atoms with Crippen molar-refractivity contribution in [1.82, 2.24) is 9.62 Å². The van der Waals surface area contributed by atoms with Crippen molar-refractivity contribution in [2.24, 2.45) is 5.41 Å². The summed E-state index contributed by atoms with van der Waals surface area (Å²) < 4.78 is 71.9. The van der Waals surface area contributed by atoms with Crippen LogP contribution < -0.4 is 10.1 Å². The van der Waals surface area contributed by atoms with Crippen molar-refractivity contribution in [3.05, 3.63) is 59.9 Å². The largest absolute Gasteiger partial charge is 0.493 e. The molecular weight excluding hydrogens is 469 g/mol. The molecule has 1 heterocycles. The van der Waals surface area contributed by atoms with E-state index < -0.39 is 32.9 Å². The summed E-state index contributed by atoms with van der Waals surface area (Å²) in [5.74, 6) is -2.46. The number of halogens is 3. The van der Waals surface area contributed by atoms with Gasteiger partial charge in [0, 0.05) is 30.6 Å². The van der Waals surface area contributed by atoms with Crippen LogP contribution in [0.5, 0.6) is 5.75 Å². The third-order valence-corrected chi connectivity index (χ3v) is 7.84. The Morgan fingerprint density at radius 1 is 1.09 bits per heavy atom. The van der Waals surface area contributed by atoms with Crippen LogP contribution in [-0.2, 0) is 14.8 Å². The van der Waals surface area contributed by atoms with Gasteiger partial charge >= 0.3 is 0 Å². The van der Waals surface area contributed by atoms with Gasteiger partial charge in [0.1, 0.15) is 11.6 Å². The summed E-state index contributed by atoms with van der Waals surface area (Å²) in [6.45, 7) is 4.32. The Hall–Kier alpha value is -2.59. The van der Waals surface area contributed by atoms with E-state index >= 15 is 0 Å². The molecule has 0 atom stereocenters. The summed E-state index contributed by atoms with van der Waals surface area (Å²) in [7, 11) is -3.79. The first kappa shape index (κ1) is 26.0.